The Bertz CT molecular complexity index is 305. The van der Waals surface area contributed by atoms with Crippen molar-refractivity contribution in [1.29, 1.82) is 0 Å². The molecule has 0 aromatic heterocycles. The van der Waals surface area contributed by atoms with Gasteiger partial charge in [-0.1, -0.05) is 18.2 Å². The largest absolute Gasteiger partial charge is 0.381 e. The van der Waals surface area contributed by atoms with Gasteiger partial charge in [-0.15, -0.1) is 0 Å². The number of anilines is 1. The number of aryl methyl sites for hydroxylation is 1. The van der Waals surface area contributed by atoms with E-state index in [1.807, 2.05) is 13.0 Å². The summed E-state index contributed by atoms with van der Waals surface area (Å²) < 4.78 is 1.11. The number of allylic oxidation sites excluding steroid dienone is 1. The normalized spacial score (nSPS) is 10.7. The molecular weight excluding hydrogens is 226 g/mol. The van der Waals surface area contributed by atoms with Gasteiger partial charge in [0.05, 0.1) is 0 Å². The van der Waals surface area contributed by atoms with Crippen LogP contribution in [-0.4, -0.2) is 6.54 Å². The quantitative estimate of drug-likeness (QED) is 0.793. The molecule has 1 rings (SSSR count). The van der Waals surface area contributed by atoms with Crippen LogP contribution in [0.1, 0.15) is 12.5 Å². The fourth-order valence-corrected chi connectivity index (χ4v) is 1.45. The maximum absolute atomic E-state index is 3.50. The van der Waals surface area contributed by atoms with E-state index in [9.17, 15) is 0 Å². The monoisotopic (exact) mass is 239 g/mol. The van der Waals surface area contributed by atoms with Crippen molar-refractivity contribution in [3.8, 4) is 0 Å². The molecule has 0 aliphatic heterocycles. The molecule has 0 amide bonds. The molecule has 70 valence electrons. The summed E-state index contributed by atoms with van der Waals surface area (Å²) in [4.78, 5) is 0. The van der Waals surface area contributed by atoms with Crippen molar-refractivity contribution in [2.45, 2.75) is 13.8 Å². The van der Waals surface area contributed by atoms with E-state index < -0.39 is 0 Å². The Morgan fingerprint density at radius 3 is 2.92 bits per heavy atom. The Balaban J connectivity index is 2.69. The zero-order valence-electron chi connectivity index (χ0n) is 7.97. The van der Waals surface area contributed by atoms with Crippen LogP contribution in [0.4, 0.5) is 5.69 Å². The molecule has 0 radical (unpaired) electrons. The Morgan fingerprint density at radius 2 is 2.23 bits per heavy atom. The summed E-state index contributed by atoms with van der Waals surface area (Å²) in [5, 5.41) is 3.32. The van der Waals surface area contributed by atoms with Gasteiger partial charge < -0.3 is 5.32 Å². The number of nitrogens with one attached hydrogen (secondary N) is 1. The van der Waals surface area contributed by atoms with Crippen molar-refractivity contribution >= 4 is 21.6 Å². The minimum Gasteiger partial charge on any atom is -0.381 e. The molecule has 1 aromatic rings. The van der Waals surface area contributed by atoms with Crippen molar-refractivity contribution < 1.29 is 0 Å². The highest BCUT2D eigenvalue weighted by molar-refractivity contribution is 9.10. The number of benzene rings is 1. The second kappa shape index (κ2) is 5.07. The third-order valence-corrected chi connectivity index (χ3v) is 2.46. The van der Waals surface area contributed by atoms with Crippen molar-refractivity contribution in [2.75, 3.05) is 11.9 Å². The molecule has 0 aliphatic rings. The van der Waals surface area contributed by atoms with Gasteiger partial charge >= 0.3 is 0 Å². The molecule has 1 aromatic carbocycles. The van der Waals surface area contributed by atoms with Crippen LogP contribution in [0, 0.1) is 6.92 Å². The van der Waals surface area contributed by atoms with Gasteiger partial charge in [-0.05, 0) is 47.5 Å². The third-order valence-electron chi connectivity index (χ3n) is 1.77. The molecule has 2 heteroatoms. The van der Waals surface area contributed by atoms with Gasteiger partial charge in [0, 0.05) is 16.7 Å². The fraction of sp³-hybridized carbons (Fsp3) is 0.273. The van der Waals surface area contributed by atoms with Crippen LogP contribution >= 0.6 is 15.9 Å². The summed E-state index contributed by atoms with van der Waals surface area (Å²) in [5.74, 6) is 0. The summed E-state index contributed by atoms with van der Waals surface area (Å²) in [7, 11) is 0. The average Bonchev–Trinajstić information content (AvgIpc) is 2.11. The molecule has 0 atom stereocenters. The van der Waals surface area contributed by atoms with Crippen LogP contribution in [0.3, 0.4) is 0 Å². The first-order valence-electron chi connectivity index (χ1n) is 4.35. The standard InChI is InChI=1S/C11H14BrN/c1-3-4-7-13-11-8-9(2)5-6-10(11)12/h3-6,8,13H,7H2,1-2H3/b4-3+. The van der Waals surface area contributed by atoms with Crippen LogP contribution in [-0.2, 0) is 0 Å². The van der Waals surface area contributed by atoms with Crippen molar-refractivity contribution in [2.24, 2.45) is 0 Å². The lowest BCUT2D eigenvalue weighted by atomic mass is 10.2. The molecule has 0 spiro atoms. The molecule has 1 N–H and O–H groups in total. The van der Waals surface area contributed by atoms with E-state index in [2.05, 4.69) is 52.4 Å². The first-order valence-corrected chi connectivity index (χ1v) is 5.14. The highest BCUT2D eigenvalue weighted by Gasteiger charge is 1.96. The summed E-state index contributed by atoms with van der Waals surface area (Å²) in [5.41, 5.74) is 2.42. The lowest BCUT2D eigenvalue weighted by Gasteiger charge is -2.06. The van der Waals surface area contributed by atoms with E-state index >= 15 is 0 Å². The molecule has 1 nitrogen and oxygen atoms in total. The van der Waals surface area contributed by atoms with Crippen molar-refractivity contribution in [3.63, 3.8) is 0 Å². The van der Waals surface area contributed by atoms with Crippen LogP contribution in [0.5, 0.6) is 0 Å². The van der Waals surface area contributed by atoms with E-state index in [0.717, 1.165) is 16.7 Å². The molecule has 0 unspecified atom stereocenters. The maximum atomic E-state index is 3.50. The van der Waals surface area contributed by atoms with Gasteiger partial charge in [-0.2, -0.15) is 0 Å². The maximum Gasteiger partial charge on any atom is 0.0489 e. The van der Waals surface area contributed by atoms with E-state index in [1.165, 1.54) is 5.56 Å². The predicted molar refractivity (Wildman–Crippen MR) is 62.2 cm³/mol. The minimum absolute atomic E-state index is 0.874. The van der Waals surface area contributed by atoms with Gasteiger partial charge in [0.25, 0.3) is 0 Å². The Kier molecular flexibility index (Phi) is 4.03. The van der Waals surface area contributed by atoms with E-state index in [-0.39, 0.29) is 0 Å². The summed E-state index contributed by atoms with van der Waals surface area (Å²) >= 11 is 3.50. The lowest BCUT2D eigenvalue weighted by molar-refractivity contribution is 1.30. The van der Waals surface area contributed by atoms with E-state index in [0.29, 0.717) is 0 Å². The van der Waals surface area contributed by atoms with E-state index in [1.54, 1.807) is 0 Å². The van der Waals surface area contributed by atoms with Crippen molar-refractivity contribution in [1.82, 2.24) is 0 Å². The topological polar surface area (TPSA) is 12.0 Å². The summed E-state index contributed by atoms with van der Waals surface area (Å²) in [6.45, 7) is 4.98. The molecule has 0 bridgehead atoms. The Morgan fingerprint density at radius 1 is 1.46 bits per heavy atom. The average molecular weight is 240 g/mol. The number of rotatable bonds is 3. The van der Waals surface area contributed by atoms with Crippen LogP contribution in [0.25, 0.3) is 0 Å². The number of hydrogen-bond acceptors (Lipinski definition) is 1. The number of hydrogen-bond donors (Lipinski definition) is 1. The minimum atomic E-state index is 0.874. The zero-order valence-corrected chi connectivity index (χ0v) is 9.56. The van der Waals surface area contributed by atoms with Crippen molar-refractivity contribution in [3.05, 3.63) is 40.4 Å². The fourth-order valence-electron chi connectivity index (χ4n) is 1.06. The summed E-state index contributed by atoms with van der Waals surface area (Å²) in [6.07, 6.45) is 4.13. The lowest BCUT2D eigenvalue weighted by Crippen LogP contribution is -1.98. The smallest absolute Gasteiger partial charge is 0.0489 e. The van der Waals surface area contributed by atoms with Gasteiger partial charge in [0.15, 0.2) is 0 Å². The first-order chi connectivity index (χ1) is 6.24. The molecule has 0 saturated heterocycles. The summed E-state index contributed by atoms with van der Waals surface area (Å²) in [6, 6.07) is 6.28. The van der Waals surface area contributed by atoms with E-state index in [4.69, 9.17) is 0 Å². The van der Waals surface area contributed by atoms with Crippen LogP contribution in [0.15, 0.2) is 34.8 Å². The first kappa shape index (κ1) is 10.3. The molecular formula is C11H14BrN. The molecule has 0 aliphatic carbocycles. The predicted octanol–water partition coefficient (Wildman–Crippen LogP) is 3.75. The Hall–Kier alpha value is -0.760. The molecule has 0 fully saturated rings. The van der Waals surface area contributed by atoms with Gasteiger partial charge in [-0.25, -0.2) is 0 Å². The SMILES string of the molecule is C/C=C/CNc1cc(C)ccc1Br. The molecule has 13 heavy (non-hydrogen) atoms. The van der Waals surface area contributed by atoms with Crippen LogP contribution < -0.4 is 5.32 Å². The van der Waals surface area contributed by atoms with Gasteiger partial charge in [-0.3, -0.25) is 0 Å². The highest BCUT2D eigenvalue weighted by atomic mass is 79.9. The van der Waals surface area contributed by atoms with Gasteiger partial charge in [0.1, 0.15) is 0 Å². The molecule has 0 heterocycles. The Labute approximate surface area is 88.0 Å². The zero-order chi connectivity index (χ0) is 9.68. The number of halogens is 1. The molecule has 0 saturated carbocycles. The third kappa shape index (κ3) is 3.23. The van der Waals surface area contributed by atoms with Gasteiger partial charge in [0.2, 0.25) is 0 Å². The van der Waals surface area contributed by atoms with Crippen LogP contribution in [0.2, 0.25) is 0 Å². The second-order valence-corrected chi connectivity index (χ2v) is 3.79. The highest BCUT2D eigenvalue weighted by Crippen LogP contribution is 2.22. The second-order valence-electron chi connectivity index (χ2n) is 2.93.